The first-order valence-electron chi connectivity index (χ1n) is 18.1. The average Bonchev–Trinajstić information content (AvgIpc) is 3.48. The van der Waals surface area contributed by atoms with E-state index in [0.717, 1.165) is 61.8 Å². The van der Waals surface area contributed by atoms with E-state index in [9.17, 15) is 0 Å². The van der Waals surface area contributed by atoms with Gasteiger partial charge in [-0.1, -0.05) is 108 Å². The second-order valence-electron chi connectivity index (χ2n) is 15.4. The van der Waals surface area contributed by atoms with Gasteiger partial charge in [-0.3, -0.25) is 4.98 Å². The fourth-order valence-corrected chi connectivity index (χ4v) is 8.71. The summed E-state index contributed by atoms with van der Waals surface area (Å²) in [6.45, 7) is 18.1. The van der Waals surface area contributed by atoms with Gasteiger partial charge in [0.15, 0.2) is 0 Å². The minimum absolute atomic E-state index is 0. The molecule has 1 radical (unpaired) electrons. The van der Waals surface area contributed by atoms with Gasteiger partial charge in [0.1, 0.15) is 5.58 Å². The summed E-state index contributed by atoms with van der Waals surface area (Å²) in [5, 5.41) is 2.60. The molecule has 0 saturated heterocycles. The van der Waals surface area contributed by atoms with Crippen LogP contribution in [0.2, 0.25) is 19.6 Å². The van der Waals surface area contributed by atoms with Crippen molar-refractivity contribution in [2.45, 2.75) is 98.7 Å². The van der Waals surface area contributed by atoms with Gasteiger partial charge in [0, 0.05) is 38.2 Å². The molecule has 0 bridgehead atoms. The Hall–Kier alpha value is -3.44. The summed E-state index contributed by atoms with van der Waals surface area (Å²) in [6.07, 6.45) is 12.4. The van der Waals surface area contributed by atoms with Gasteiger partial charge in [0.05, 0.1) is 19.2 Å². The van der Waals surface area contributed by atoms with E-state index in [2.05, 4.69) is 101 Å². The molecular weight excluding hydrogens is 807 g/mol. The third kappa shape index (κ3) is 8.53. The van der Waals surface area contributed by atoms with Gasteiger partial charge < -0.3 is 14.4 Å². The fraction of sp³-hybridized carbons (Fsp3) is 0.386. The number of furan rings is 1. The Morgan fingerprint density at radius 2 is 1.68 bits per heavy atom. The van der Waals surface area contributed by atoms with Crippen LogP contribution in [0, 0.1) is 37.8 Å². The van der Waals surface area contributed by atoms with Crippen LogP contribution in [0.4, 0.5) is 0 Å². The smallest absolute Gasteiger partial charge is 0.139 e. The van der Waals surface area contributed by atoms with Gasteiger partial charge in [-0.2, -0.15) is 0 Å². The van der Waals surface area contributed by atoms with Gasteiger partial charge in [-0.15, -0.1) is 53.6 Å². The van der Waals surface area contributed by atoms with Crippen molar-refractivity contribution < 1.29 is 24.5 Å². The zero-order valence-electron chi connectivity index (χ0n) is 31.0. The van der Waals surface area contributed by atoms with Crippen molar-refractivity contribution in [1.82, 2.24) is 15.0 Å². The van der Waals surface area contributed by atoms with Crippen LogP contribution < -0.4 is 5.19 Å². The summed E-state index contributed by atoms with van der Waals surface area (Å²) in [5.74, 6) is 1.91. The molecule has 0 aliphatic heterocycles. The van der Waals surface area contributed by atoms with Crippen LogP contribution in [0.15, 0.2) is 77.5 Å². The first kappa shape index (κ1) is 37.8. The first-order valence-corrected chi connectivity index (χ1v) is 21.6. The molecule has 1 saturated carbocycles. The number of pyridine rings is 3. The fourth-order valence-electron chi connectivity index (χ4n) is 7.12. The van der Waals surface area contributed by atoms with Gasteiger partial charge in [0.25, 0.3) is 0 Å². The molecule has 7 rings (SSSR count). The first-order chi connectivity index (χ1) is 23.5. The summed E-state index contributed by atoms with van der Waals surface area (Å²) >= 11 is 0. The zero-order valence-corrected chi connectivity index (χ0v) is 34.4. The number of nitrogens with zero attached hydrogens (tertiary/aromatic N) is 3. The zero-order chi connectivity index (χ0) is 34.7. The second kappa shape index (κ2) is 16.3. The molecule has 2 aromatic carbocycles. The minimum Gasteiger partial charge on any atom is -0.499 e. The van der Waals surface area contributed by atoms with Crippen molar-refractivity contribution in [2.24, 2.45) is 11.8 Å². The predicted octanol–water partition coefficient (Wildman–Crippen LogP) is 11.4. The topological polar surface area (TPSA) is 51.8 Å². The van der Waals surface area contributed by atoms with Crippen LogP contribution in [0.1, 0.15) is 81.2 Å². The summed E-state index contributed by atoms with van der Waals surface area (Å²) < 4.78 is 6.19. The van der Waals surface area contributed by atoms with Gasteiger partial charge in [-0.05, 0) is 71.3 Å². The van der Waals surface area contributed by atoms with E-state index in [0.29, 0.717) is 11.8 Å². The second-order valence-corrected chi connectivity index (χ2v) is 20.5. The van der Waals surface area contributed by atoms with Crippen LogP contribution in [0.3, 0.4) is 0 Å². The van der Waals surface area contributed by atoms with Gasteiger partial charge in [0.2, 0.25) is 0 Å². The molecule has 1 atom stereocenters. The predicted molar refractivity (Wildman–Crippen MR) is 208 cm³/mol. The number of hydrogen-bond donors (Lipinski definition) is 0. The number of hydrogen-bond acceptors (Lipinski definition) is 4. The van der Waals surface area contributed by atoms with Crippen molar-refractivity contribution in [1.29, 1.82) is 0 Å². The summed E-state index contributed by atoms with van der Waals surface area (Å²) in [4.78, 5) is 14.1. The number of fused-ring (bicyclic) bond motifs is 3. The van der Waals surface area contributed by atoms with Crippen LogP contribution in [0.25, 0.3) is 44.6 Å². The van der Waals surface area contributed by atoms with Crippen molar-refractivity contribution in [3.8, 4) is 22.5 Å². The third-order valence-electron chi connectivity index (χ3n) is 10.3. The largest absolute Gasteiger partial charge is 0.499 e. The molecular formula is C44H51IrN3OSi-2. The van der Waals surface area contributed by atoms with Gasteiger partial charge >= 0.3 is 0 Å². The van der Waals surface area contributed by atoms with Crippen LogP contribution in [0.5, 0.6) is 0 Å². The molecule has 1 aliphatic carbocycles. The number of rotatable bonds is 7. The third-order valence-corrected chi connectivity index (χ3v) is 12.4. The molecule has 0 amide bonds. The standard InChI is InChI=1S/C23H23N2O.C21H28NSi.Ir/c1-13(2)16(5)17-10-11-24-19(12-17)18-8-6-14(3)21-22-20(26-23(18)21)9-7-15(4)25-22;1-23(2,3)21-16-22-20(18-12-8-5-9-13-18)15-19(21)14-17-10-6-4-7-11-17;/h6-7,9-13,16H,1-5H3;5,8-9,12,15-17H,4,6-7,10-11,14H2,1-3H3;/q2*-1;. The van der Waals surface area contributed by atoms with Crippen LogP contribution in [-0.2, 0) is 26.5 Å². The molecule has 6 heteroatoms. The van der Waals surface area contributed by atoms with Crippen molar-refractivity contribution in [3.63, 3.8) is 0 Å². The monoisotopic (exact) mass is 858 g/mol. The molecule has 263 valence electrons. The van der Waals surface area contributed by atoms with E-state index in [-0.39, 0.29) is 20.1 Å². The summed E-state index contributed by atoms with van der Waals surface area (Å²) in [6, 6.07) is 27.5. The Bertz CT molecular complexity index is 2040. The molecule has 1 fully saturated rings. The summed E-state index contributed by atoms with van der Waals surface area (Å²) in [5.41, 5.74) is 11.5. The molecule has 6 aromatic rings. The van der Waals surface area contributed by atoms with E-state index in [1.807, 2.05) is 43.5 Å². The Kier molecular flexibility index (Phi) is 12.3. The van der Waals surface area contributed by atoms with E-state index in [1.165, 1.54) is 44.1 Å². The molecule has 0 spiro atoms. The Morgan fingerprint density at radius 3 is 2.38 bits per heavy atom. The average molecular weight is 858 g/mol. The van der Waals surface area contributed by atoms with E-state index < -0.39 is 8.07 Å². The van der Waals surface area contributed by atoms with Crippen LogP contribution in [-0.4, -0.2) is 23.0 Å². The van der Waals surface area contributed by atoms with Crippen molar-refractivity contribution >= 4 is 35.3 Å². The molecule has 4 nitrogen and oxygen atoms in total. The maximum absolute atomic E-state index is 6.19. The Morgan fingerprint density at radius 1 is 0.900 bits per heavy atom. The molecule has 1 unspecified atom stereocenters. The van der Waals surface area contributed by atoms with Crippen LogP contribution >= 0.6 is 0 Å². The van der Waals surface area contributed by atoms with Crippen molar-refractivity contribution in [3.05, 3.63) is 108 Å². The minimum atomic E-state index is -1.36. The number of aryl methyl sites for hydroxylation is 2. The maximum Gasteiger partial charge on any atom is 0.139 e. The number of benzene rings is 2. The SMILES string of the molecule is C[Si](C)(C)c1cnc(-c2[c-]cccc2)cc1CC1CCCCC1.Cc1ccc2oc3c(-c4cc(C(C)C(C)C)ccn4)[c-]cc(C)c3c2n1.[Ir]. The Labute approximate surface area is 313 Å². The maximum atomic E-state index is 6.19. The quantitative estimate of drug-likeness (QED) is 0.119. The molecule has 1 aliphatic rings. The Balaban J connectivity index is 0.000000192. The molecule has 0 N–H and O–H groups in total. The normalized spacial score (nSPS) is 14.3. The van der Waals surface area contributed by atoms with Crippen molar-refractivity contribution in [2.75, 3.05) is 0 Å². The molecule has 4 aromatic heterocycles. The van der Waals surface area contributed by atoms with Gasteiger partial charge in [-0.25, -0.2) is 0 Å². The molecule has 50 heavy (non-hydrogen) atoms. The van der Waals surface area contributed by atoms with E-state index >= 15 is 0 Å². The van der Waals surface area contributed by atoms with E-state index in [4.69, 9.17) is 14.4 Å². The van der Waals surface area contributed by atoms with E-state index in [1.54, 1.807) is 10.8 Å². The summed E-state index contributed by atoms with van der Waals surface area (Å²) in [7, 11) is -1.36. The molecule has 4 heterocycles. The number of aromatic nitrogens is 3.